The normalized spacial score (nSPS) is 18.8. The predicted molar refractivity (Wildman–Crippen MR) is 90.3 cm³/mol. The van der Waals surface area contributed by atoms with Crippen LogP contribution in [0.3, 0.4) is 0 Å². The van der Waals surface area contributed by atoms with Crippen LogP contribution in [-0.2, 0) is 9.59 Å². The third-order valence-electron chi connectivity index (χ3n) is 3.30. The van der Waals surface area contributed by atoms with E-state index in [1.165, 1.54) is 11.8 Å². The lowest BCUT2D eigenvalue weighted by atomic mass is 10.1. The monoisotopic (exact) mass is 419 g/mol. The van der Waals surface area contributed by atoms with Crippen LogP contribution in [0, 0.1) is 13.8 Å². The van der Waals surface area contributed by atoms with Crippen LogP contribution >= 0.6 is 43.6 Å². The Hall–Kier alpha value is -0.330. The predicted octanol–water partition coefficient (Wildman–Crippen LogP) is 4.21. The summed E-state index contributed by atoms with van der Waals surface area (Å²) >= 11 is 8.38. The molecule has 1 aliphatic heterocycles. The number of thioether (sulfide) groups is 1. The minimum Gasteiger partial charge on any atom is -0.310 e. The van der Waals surface area contributed by atoms with Crippen LogP contribution < -0.4 is 4.90 Å². The van der Waals surface area contributed by atoms with Gasteiger partial charge in [-0.25, -0.2) is 0 Å². The molecule has 0 spiro atoms. The van der Waals surface area contributed by atoms with Crippen LogP contribution in [0.2, 0.25) is 0 Å². The lowest BCUT2D eigenvalue weighted by molar-refractivity contribution is -0.117. The zero-order valence-corrected chi connectivity index (χ0v) is 15.5. The van der Waals surface area contributed by atoms with Crippen LogP contribution in [0.5, 0.6) is 0 Å². The van der Waals surface area contributed by atoms with E-state index in [9.17, 15) is 9.59 Å². The summed E-state index contributed by atoms with van der Waals surface area (Å²) in [4.78, 5) is 25.2. The minimum atomic E-state index is 0.0520. The average molecular weight is 421 g/mol. The molecular formula is C14H15Br2NO2S. The molecular weight excluding hydrogens is 406 g/mol. The van der Waals surface area contributed by atoms with Gasteiger partial charge in [0.25, 0.3) is 0 Å². The lowest BCUT2D eigenvalue weighted by Crippen LogP contribution is -2.25. The minimum absolute atomic E-state index is 0.0520. The molecule has 1 aromatic rings. The summed E-state index contributed by atoms with van der Waals surface area (Å²) in [7, 11) is 0. The molecule has 2 rings (SSSR count). The second kappa shape index (κ2) is 6.20. The van der Waals surface area contributed by atoms with Gasteiger partial charge in [-0.15, -0.1) is 0 Å². The Morgan fingerprint density at radius 1 is 1.35 bits per heavy atom. The van der Waals surface area contributed by atoms with E-state index >= 15 is 0 Å². The highest BCUT2D eigenvalue weighted by Gasteiger charge is 2.33. The molecule has 6 heteroatoms. The molecule has 1 aromatic carbocycles. The van der Waals surface area contributed by atoms with Gasteiger partial charge >= 0.3 is 0 Å². The number of carbonyl (C=O) groups is 2. The van der Waals surface area contributed by atoms with E-state index in [-0.39, 0.29) is 16.3 Å². The van der Waals surface area contributed by atoms with Crippen LogP contribution in [0.4, 0.5) is 5.69 Å². The summed E-state index contributed by atoms with van der Waals surface area (Å²) in [6.45, 7) is 6.15. The van der Waals surface area contributed by atoms with E-state index in [0.29, 0.717) is 13.0 Å². The second-order valence-electron chi connectivity index (χ2n) is 4.91. The Labute approximate surface area is 139 Å². The first-order valence-corrected chi connectivity index (χ1v) is 8.70. The molecule has 0 saturated carbocycles. The molecule has 3 nitrogen and oxygen atoms in total. The van der Waals surface area contributed by atoms with Gasteiger partial charge in [-0.1, -0.05) is 27.7 Å². The van der Waals surface area contributed by atoms with Crippen molar-refractivity contribution in [1.29, 1.82) is 0 Å². The summed E-state index contributed by atoms with van der Waals surface area (Å²) in [6.07, 6.45) is 0.421. The third kappa shape index (κ3) is 3.12. The number of halogens is 2. The van der Waals surface area contributed by atoms with Gasteiger partial charge in [0, 0.05) is 34.1 Å². The molecule has 0 bridgehead atoms. The fourth-order valence-corrected chi connectivity index (χ4v) is 4.36. The molecule has 1 fully saturated rings. The van der Waals surface area contributed by atoms with E-state index in [2.05, 4.69) is 31.9 Å². The van der Waals surface area contributed by atoms with Gasteiger partial charge in [0.1, 0.15) is 0 Å². The van der Waals surface area contributed by atoms with Crippen molar-refractivity contribution in [3.63, 3.8) is 0 Å². The zero-order valence-electron chi connectivity index (χ0n) is 11.5. The number of nitrogens with zero attached hydrogens (tertiary/aromatic N) is 1. The van der Waals surface area contributed by atoms with E-state index in [1.807, 2.05) is 19.9 Å². The molecule has 0 aromatic heterocycles. The molecule has 20 heavy (non-hydrogen) atoms. The lowest BCUT2D eigenvalue weighted by Gasteiger charge is -2.21. The summed E-state index contributed by atoms with van der Waals surface area (Å²) in [5.41, 5.74) is 3.06. The highest BCUT2D eigenvalue weighted by Crippen LogP contribution is 2.39. The van der Waals surface area contributed by atoms with Gasteiger partial charge in [0.2, 0.25) is 5.91 Å². The maximum Gasteiger partial charge on any atom is 0.228 e. The Bertz CT molecular complexity index is 589. The van der Waals surface area contributed by atoms with Crippen LogP contribution in [0.25, 0.3) is 0 Å². The molecule has 1 amide bonds. The van der Waals surface area contributed by atoms with E-state index in [4.69, 9.17) is 0 Å². The van der Waals surface area contributed by atoms with Crippen LogP contribution in [0.1, 0.15) is 24.5 Å². The molecule has 1 aliphatic rings. The number of benzene rings is 1. The van der Waals surface area contributed by atoms with Crippen molar-refractivity contribution in [2.24, 2.45) is 0 Å². The van der Waals surface area contributed by atoms with Crippen molar-refractivity contribution in [3.8, 4) is 0 Å². The first-order chi connectivity index (χ1) is 9.31. The van der Waals surface area contributed by atoms with Crippen molar-refractivity contribution in [2.45, 2.75) is 32.4 Å². The van der Waals surface area contributed by atoms with E-state index in [0.717, 1.165) is 25.8 Å². The number of hydrogen-bond donors (Lipinski definition) is 0. The van der Waals surface area contributed by atoms with Crippen molar-refractivity contribution in [1.82, 2.24) is 0 Å². The highest BCUT2D eigenvalue weighted by molar-refractivity contribution is 9.11. The molecule has 0 aliphatic carbocycles. The van der Waals surface area contributed by atoms with Crippen LogP contribution in [0.15, 0.2) is 15.0 Å². The highest BCUT2D eigenvalue weighted by atomic mass is 79.9. The maximum absolute atomic E-state index is 12.2. The Morgan fingerprint density at radius 2 is 2.00 bits per heavy atom. The Morgan fingerprint density at radius 3 is 2.60 bits per heavy atom. The molecule has 0 N–H and O–H groups in total. The number of anilines is 1. The number of hydrogen-bond acceptors (Lipinski definition) is 3. The molecule has 1 saturated heterocycles. The molecule has 1 unspecified atom stereocenters. The first kappa shape index (κ1) is 16.0. The van der Waals surface area contributed by atoms with E-state index in [1.54, 1.807) is 11.8 Å². The van der Waals surface area contributed by atoms with Gasteiger partial charge in [0.05, 0.1) is 5.69 Å². The molecule has 108 valence electrons. The van der Waals surface area contributed by atoms with Crippen molar-refractivity contribution in [2.75, 3.05) is 11.4 Å². The summed E-state index contributed by atoms with van der Waals surface area (Å²) < 4.78 is 1.98. The molecule has 1 atom stereocenters. The van der Waals surface area contributed by atoms with Gasteiger partial charge in [-0.05, 0) is 47.0 Å². The average Bonchev–Trinajstić information content (AvgIpc) is 2.71. The second-order valence-corrected chi connectivity index (χ2v) is 7.97. The SMILES string of the molecule is CC(=O)SC1CC(=O)N(c2cc(C)c(Br)c(C)c2Br)C1. The zero-order chi connectivity index (χ0) is 15.0. The van der Waals surface area contributed by atoms with E-state index < -0.39 is 0 Å². The molecule has 0 radical (unpaired) electrons. The quantitative estimate of drug-likeness (QED) is 0.718. The van der Waals surface area contributed by atoms with Gasteiger partial charge in [-0.2, -0.15) is 0 Å². The van der Waals surface area contributed by atoms with Crippen molar-refractivity contribution in [3.05, 3.63) is 26.1 Å². The van der Waals surface area contributed by atoms with Crippen LogP contribution in [-0.4, -0.2) is 22.8 Å². The standard InChI is InChI=1S/C14H15Br2NO2S/c1-7-4-11(14(16)8(2)13(7)15)17-6-10(5-12(17)19)20-9(3)18/h4,10H,5-6H2,1-3H3. The number of rotatable bonds is 2. The van der Waals surface area contributed by atoms with Crippen molar-refractivity contribution >= 4 is 60.3 Å². The van der Waals surface area contributed by atoms with Crippen molar-refractivity contribution < 1.29 is 9.59 Å². The number of amides is 1. The number of carbonyl (C=O) groups excluding carboxylic acids is 2. The third-order valence-corrected chi connectivity index (χ3v) is 6.50. The molecule has 1 heterocycles. The fraction of sp³-hybridized carbons (Fsp3) is 0.429. The van der Waals surface area contributed by atoms with Gasteiger partial charge in [-0.3, -0.25) is 9.59 Å². The van der Waals surface area contributed by atoms with Gasteiger partial charge < -0.3 is 4.90 Å². The largest absolute Gasteiger partial charge is 0.310 e. The Balaban J connectivity index is 2.33. The summed E-state index contributed by atoms with van der Waals surface area (Å²) in [5, 5.41) is 0.114. The van der Waals surface area contributed by atoms with Gasteiger partial charge in [0.15, 0.2) is 5.12 Å². The maximum atomic E-state index is 12.2. The number of aryl methyl sites for hydroxylation is 1. The summed E-state index contributed by atoms with van der Waals surface area (Å²) in [5.74, 6) is 0.0746. The smallest absolute Gasteiger partial charge is 0.228 e. The topological polar surface area (TPSA) is 37.4 Å². The summed E-state index contributed by atoms with van der Waals surface area (Å²) in [6, 6.07) is 2.00. The fourth-order valence-electron chi connectivity index (χ4n) is 2.33. The Kier molecular flexibility index (Phi) is 4.97. The first-order valence-electron chi connectivity index (χ1n) is 6.24.